The van der Waals surface area contributed by atoms with E-state index in [1.807, 2.05) is 24.5 Å². The number of hydrogen-bond acceptors (Lipinski definition) is 2. The Hall–Kier alpha value is -1.80. The number of nitrogens with zero attached hydrogens (tertiary/aromatic N) is 1. The third-order valence-electron chi connectivity index (χ3n) is 3.58. The molecule has 0 N–H and O–H groups in total. The molecule has 0 unspecified atom stereocenters. The minimum Gasteiger partial charge on any atom is -0.497 e. The van der Waals surface area contributed by atoms with Crippen molar-refractivity contribution < 1.29 is 4.74 Å². The molecule has 3 rings (SSSR count). The van der Waals surface area contributed by atoms with E-state index in [4.69, 9.17) is 4.74 Å². The molecule has 2 aromatic rings. The summed E-state index contributed by atoms with van der Waals surface area (Å²) in [5.74, 6) is 0.946. The predicted molar refractivity (Wildman–Crippen MR) is 85.3 cm³/mol. The highest BCUT2D eigenvalue weighted by Gasteiger charge is 2.14. The molecule has 0 saturated carbocycles. The number of hydrogen-bond donors (Lipinski definition) is 0. The highest BCUT2D eigenvalue weighted by molar-refractivity contribution is 5.85. The van der Waals surface area contributed by atoms with E-state index in [9.17, 15) is 0 Å². The van der Waals surface area contributed by atoms with Crippen LogP contribution in [0, 0.1) is 0 Å². The van der Waals surface area contributed by atoms with Gasteiger partial charge >= 0.3 is 0 Å². The van der Waals surface area contributed by atoms with Gasteiger partial charge in [-0.05, 0) is 65.8 Å². The Labute approximate surface area is 125 Å². The lowest BCUT2D eigenvalue weighted by Gasteiger charge is -2.20. The molecule has 1 aliphatic carbocycles. The van der Waals surface area contributed by atoms with Crippen molar-refractivity contribution in [2.45, 2.75) is 19.3 Å². The highest BCUT2D eigenvalue weighted by atomic mass is 35.5. The number of methoxy groups -OCH3 is 1. The molecule has 0 amide bonds. The van der Waals surface area contributed by atoms with Crippen LogP contribution in [-0.4, -0.2) is 12.1 Å². The molecule has 1 aliphatic rings. The maximum atomic E-state index is 5.30. The van der Waals surface area contributed by atoms with Crippen LogP contribution >= 0.6 is 12.4 Å². The van der Waals surface area contributed by atoms with Gasteiger partial charge in [0.25, 0.3) is 0 Å². The van der Waals surface area contributed by atoms with Crippen LogP contribution in [0.5, 0.6) is 5.75 Å². The largest absolute Gasteiger partial charge is 0.497 e. The Morgan fingerprint density at radius 1 is 1.20 bits per heavy atom. The number of ether oxygens (including phenoxy) is 1. The molecule has 1 aromatic heterocycles. The van der Waals surface area contributed by atoms with E-state index in [0.717, 1.165) is 18.6 Å². The molecule has 0 atom stereocenters. The first-order chi connectivity index (χ1) is 9.36. The number of allylic oxidation sites excluding steroid dienone is 1. The number of aryl methyl sites for hydroxylation is 1. The fourth-order valence-electron chi connectivity index (χ4n) is 2.63. The minimum atomic E-state index is 0. The number of benzene rings is 1. The van der Waals surface area contributed by atoms with Crippen molar-refractivity contribution in [3.05, 3.63) is 59.4 Å². The standard InChI is InChI=1S/C17H17NO.ClH/c1-19-16-7-8-17-14(5-2-6-15(17)11-16)10-13-4-3-9-18-12-13;/h3-4,7-12H,2,5-6H2,1H3;1H. The molecule has 2 nitrogen and oxygen atoms in total. The molecule has 20 heavy (non-hydrogen) atoms. The van der Waals surface area contributed by atoms with E-state index in [2.05, 4.69) is 29.3 Å². The Morgan fingerprint density at radius 2 is 2.10 bits per heavy atom. The van der Waals surface area contributed by atoms with Crippen molar-refractivity contribution in [1.29, 1.82) is 0 Å². The van der Waals surface area contributed by atoms with Crippen LogP contribution in [0.25, 0.3) is 11.6 Å². The van der Waals surface area contributed by atoms with Gasteiger partial charge in [-0.2, -0.15) is 0 Å². The van der Waals surface area contributed by atoms with Crippen molar-refractivity contribution >= 4 is 24.1 Å². The molecule has 0 spiro atoms. The molecule has 104 valence electrons. The summed E-state index contributed by atoms with van der Waals surface area (Å²) in [6, 6.07) is 10.4. The van der Waals surface area contributed by atoms with Crippen LogP contribution in [0.15, 0.2) is 42.7 Å². The third kappa shape index (κ3) is 3.02. The molecule has 0 bridgehead atoms. The van der Waals surface area contributed by atoms with Gasteiger partial charge in [0.1, 0.15) is 5.75 Å². The monoisotopic (exact) mass is 287 g/mol. The van der Waals surface area contributed by atoms with Crippen molar-refractivity contribution in [1.82, 2.24) is 4.98 Å². The number of rotatable bonds is 2. The van der Waals surface area contributed by atoms with Crippen LogP contribution in [-0.2, 0) is 6.42 Å². The number of halogens is 1. The second kappa shape index (κ2) is 6.58. The lowest BCUT2D eigenvalue weighted by Crippen LogP contribution is -2.02. The molecule has 0 aliphatic heterocycles. The summed E-state index contributed by atoms with van der Waals surface area (Å²) in [4.78, 5) is 4.17. The highest BCUT2D eigenvalue weighted by Crippen LogP contribution is 2.34. The molecule has 0 fully saturated rings. The van der Waals surface area contributed by atoms with Crippen molar-refractivity contribution in [2.75, 3.05) is 7.11 Å². The molecule has 3 heteroatoms. The van der Waals surface area contributed by atoms with E-state index < -0.39 is 0 Å². The summed E-state index contributed by atoms with van der Waals surface area (Å²) >= 11 is 0. The summed E-state index contributed by atoms with van der Waals surface area (Å²) in [6.45, 7) is 0. The first kappa shape index (κ1) is 14.6. The fraction of sp³-hybridized carbons (Fsp3) is 0.235. The zero-order valence-corrected chi connectivity index (χ0v) is 12.3. The second-order valence-electron chi connectivity index (χ2n) is 4.83. The molecular weight excluding hydrogens is 270 g/mol. The van der Waals surface area contributed by atoms with Crippen molar-refractivity contribution in [2.24, 2.45) is 0 Å². The molecule has 1 aromatic carbocycles. The zero-order chi connectivity index (χ0) is 13.1. The first-order valence-electron chi connectivity index (χ1n) is 6.65. The van der Waals surface area contributed by atoms with Gasteiger partial charge in [0.05, 0.1) is 7.11 Å². The van der Waals surface area contributed by atoms with Gasteiger partial charge in [0, 0.05) is 12.4 Å². The first-order valence-corrected chi connectivity index (χ1v) is 6.65. The average molecular weight is 288 g/mol. The minimum absolute atomic E-state index is 0. The van der Waals surface area contributed by atoms with Crippen LogP contribution in [0.4, 0.5) is 0 Å². The fourth-order valence-corrected chi connectivity index (χ4v) is 2.63. The predicted octanol–water partition coefficient (Wildman–Crippen LogP) is 4.39. The molecule has 0 saturated heterocycles. The Morgan fingerprint density at radius 3 is 2.85 bits per heavy atom. The van der Waals surface area contributed by atoms with Crippen LogP contribution in [0.3, 0.4) is 0 Å². The van der Waals surface area contributed by atoms with E-state index in [1.54, 1.807) is 7.11 Å². The van der Waals surface area contributed by atoms with Crippen LogP contribution in [0.1, 0.15) is 29.5 Å². The van der Waals surface area contributed by atoms with Gasteiger partial charge in [0.2, 0.25) is 0 Å². The summed E-state index contributed by atoms with van der Waals surface area (Å²) in [5.41, 5.74) is 5.31. The summed E-state index contributed by atoms with van der Waals surface area (Å²) in [5, 5.41) is 0. The summed E-state index contributed by atoms with van der Waals surface area (Å²) in [7, 11) is 1.72. The molecular formula is C17H18ClNO. The summed E-state index contributed by atoms with van der Waals surface area (Å²) < 4.78 is 5.30. The van der Waals surface area contributed by atoms with Gasteiger partial charge < -0.3 is 4.74 Å². The zero-order valence-electron chi connectivity index (χ0n) is 11.5. The normalized spacial score (nSPS) is 15.3. The molecule has 1 heterocycles. The van der Waals surface area contributed by atoms with Crippen molar-refractivity contribution in [3.63, 3.8) is 0 Å². The van der Waals surface area contributed by atoms with E-state index in [-0.39, 0.29) is 12.4 Å². The van der Waals surface area contributed by atoms with E-state index in [0.29, 0.717) is 0 Å². The number of aromatic nitrogens is 1. The average Bonchev–Trinajstić information content (AvgIpc) is 2.48. The lowest BCUT2D eigenvalue weighted by molar-refractivity contribution is 0.414. The maximum Gasteiger partial charge on any atom is 0.119 e. The van der Waals surface area contributed by atoms with Gasteiger partial charge in [-0.15, -0.1) is 12.4 Å². The van der Waals surface area contributed by atoms with Crippen LogP contribution < -0.4 is 4.74 Å². The Bertz CT molecular complexity index is 608. The Kier molecular flexibility index (Phi) is 4.80. The van der Waals surface area contributed by atoms with Gasteiger partial charge in [-0.3, -0.25) is 4.98 Å². The summed E-state index contributed by atoms with van der Waals surface area (Å²) in [6.07, 6.45) is 9.43. The van der Waals surface area contributed by atoms with Gasteiger partial charge in [0.15, 0.2) is 0 Å². The maximum absolute atomic E-state index is 5.30. The quantitative estimate of drug-likeness (QED) is 0.817. The SMILES string of the molecule is COc1ccc2c(c1)CCCC2=Cc1cccnc1.Cl. The van der Waals surface area contributed by atoms with Crippen LogP contribution in [0.2, 0.25) is 0 Å². The second-order valence-corrected chi connectivity index (χ2v) is 4.83. The van der Waals surface area contributed by atoms with Gasteiger partial charge in [-0.1, -0.05) is 12.1 Å². The lowest BCUT2D eigenvalue weighted by atomic mass is 9.86. The topological polar surface area (TPSA) is 22.1 Å². The smallest absolute Gasteiger partial charge is 0.119 e. The van der Waals surface area contributed by atoms with Crippen molar-refractivity contribution in [3.8, 4) is 5.75 Å². The third-order valence-corrected chi connectivity index (χ3v) is 3.58. The van der Waals surface area contributed by atoms with Gasteiger partial charge in [-0.25, -0.2) is 0 Å². The number of pyridine rings is 1. The number of fused-ring (bicyclic) bond motifs is 1. The Balaban J connectivity index is 0.00000147. The van der Waals surface area contributed by atoms with E-state index in [1.165, 1.54) is 28.7 Å². The molecule has 0 radical (unpaired) electrons. The van der Waals surface area contributed by atoms with E-state index >= 15 is 0 Å².